The molecule has 5 atom stereocenters. The van der Waals surface area contributed by atoms with Crippen LogP contribution < -0.4 is 16.1 Å². The van der Waals surface area contributed by atoms with Gasteiger partial charge in [-0.05, 0) is 71.4 Å². The number of benzene rings is 1. The maximum Gasteiger partial charge on any atom is 0.410 e. The first-order valence-electron chi connectivity index (χ1n) is 17.5. The molecule has 0 radical (unpaired) electrons. The molecule has 3 heterocycles. The zero-order chi connectivity index (χ0) is 35.5. The van der Waals surface area contributed by atoms with Crippen LogP contribution >= 0.6 is 0 Å². The average molecular weight is 688 g/mol. The summed E-state index contributed by atoms with van der Waals surface area (Å²) < 4.78 is 25.7. The normalized spacial score (nSPS) is 27.6. The highest BCUT2D eigenvalue weighted by molar-refractivity contribution is 5.97. The van der Waals surface area contributed by atoms with Crippen molar-refractivity contribution in [3.63, 3.8) is 0 Å². The van der Waals surface area contributed by atoms with E-state index in [1.54, 1.807) is 46.8 Å². The number of carbonyl (C=O) groups excluding carboxylic acids is 5. The van der Waals surface area contributed by atoms with Gasteiger partial charge in [-0.25, -0.2) is 19.5 Å². The molecule has 49 heavy (non-hydrogen) atoms. The summed E-state index contributed by atoms with van der Waals surface area (Å²) in [5.74, 6) is -2.02. The first-order valence-corrected chi connectivity index (χ1v) is 17.5. The molecule has 3 aliphatic heterocycles. The fraction of sp³-hybridized carbons (Fsp3) is 0.686. The fourth-order valence-corrected chi connectivity index (χ4v) is 7.01. The number of nitrogens with zero attached hydrogens (tertiary/aromatic N) is 2. The van der Waals surface area contributed by atoms with Gasteiger partial charge in [-0.1, -0.05) is 44.2 Å². The number of halogens is 1. The van der Waals surface area contributed by atoms with E-state index < -0.39 is 65.1 Å². The summed E-state index contributed by atoms with van der Waals surface area (Å²) in [6, 6.07) is 2.59. The summed E-state index contributed by atoms with van der Waals surface area (Å²) in [7, 11) is 0. The Balaban J connectivity index is 1.38. The van der Waals surface area contributed by atoms with Crippen LogP contribution in [-0.2, 0) is 41.8 Å². The molecular weight excluding hydrogens is 637 g/mol. The lowest BCUT2D eigenvalue weighted by atomic mass is 10.0. The second-order valence-electron chi connectivity index (χ2n) is 15.0. The van der Waals surface area contributed by atoms with Gasteiger partial charge in [-0.2, -0.15) is 0 Å². The Morgan fingerprint density at radius 3 is 2.45 bits per heavy atom. The first-order chi connectivity index (χ1) is 23.2. The number of ether oxygens (including phenoxy) is 2. The third-order valence-corrected chi connectivity index (χ3v) is 9.58. The molecule has 13 nitrogen and oxygen atoms in total. The largest absolute Gasteiger partial charge is 0.444 e. The Kier molecular flexibility index (Phi) is 11.0. The van der Waals surface area contributed by atoms with Gasteiger partial charge in [0.25, 0.3) is 5.91 Å². The van der Waals surface area contributed by atoms with E-state index in [9.17, 15) is 28.4 Å². The Labute approximate surface area is 286 Å². The van der Waals surface area contributed by atoms with Crippen LogP contribution in [0.4, 0.5) is 14.0 Å². The maximum absolute atomic E-state index is 14.4. The van der Waals surface area contributed by atoms with Crippen LogP contribution in [0.5, 0.6) is 0 Å². The first kappa shape index (κ1) is 36.3. The van der Waals surface area contributed by atoms with E-state index in [2.05, 4.69) is 16.1 Å². The van der Waals surface area contributed by atoms with E-state index in [0.717, 1.165) is 32.1 Å². The lowest BCUT2D eigenvalue weighted by Gasteiger charge is -2.30. The third kappa shape index (κ3) is 8.81. The maximum atomic E-state index is 14.4. The standard InChI is InChI=1S/C35H50FN5O8/c1-21(2)49-39-31(44)35-17-23(35)13-9-7-6-8-10-15-27(37-32(45)48-34(3,4)5)30(43)41-19-24(16-28(41)29(42)38-35)47-33(46)40-18-22-12-11-14-26(36)25(22)20-40/h11-12,14,21,23-24,27-28H,6-10,13,15-20H2,1-5H3,(H,37,45)(H,38,42)(H,39,44)/t23-,24+,27-,28-,35+/m0/s1. The van der Waals surface area contributed by atoms with Crippen molar-refractivity contribution in [2.75, 3.05) is 6.54 Å². The molecule has 0 unspecified atom stereocenters. The van der Waals surface area contributed by atoms with Gasteiger partial charge in [0.1, 0.15) is 35.1 Å². The van der Waals surface area contributed by atoms with E-state index in [1.165, 1.54) is 15.9 Å². The number of hydrogen-bond donors (Lipinski definition) is 3. The number of fused-ring (bicyclic) bond motifs is 3. The van der Waals surface area contributed by atoms with Crippen molar-refractivity contribution >= 4 is 29.9 Å². The molecule has 2 saturated heterocycles. The molecule has 1 aromatic rings. The van der Waals surface area contributed by atoms with Gasteiger partial charge in [0.05, 0.1) is 19.2 Å². The zero-order valence-electron chi connectivity index (χ0n) is 29.1. The smallest absolute Gasteiger partial charge is 0.410 e. The molecule has 3 fully saturated rings. The van der Waals surface area contributed by atoms with E-state index in [-0.39, 0.29) is 38.1 Å². The van der Waals surface area contributed by atoms with Crippen LogP contribution in [-0.4, -0.2) is 81.7 Å². The molecule has 0 spiro atoms. The van der Waals surface area contributed by atoms with Crippen molar-refractivity contribution in [2.24, 2.45) is 5.92 Å². The number of rotatable bonds is 5. The molecular formula is C35H50FN5O8. The molecule has 1 aliphatic carbocycles. The SMILES string of the molecule is CC(C)ONC(=O)[C@@]12C[C@@H]1CCCCCCC[C@H](NC(=O)OC(C)(C)C)C(=O)N1C[C@H](OC(=O)N3Cc4cccc(F)c4C3)C[C@H]1C(=O)N2. The van der Waals surface area contributed by atoms with Crippen molar-refractivity contribution in [1.82, 2.24) is 25.9 Å². The summed E-state index contributed by atoms with van der Waals surface area (Å²) in [5.41, 5.74) is 1.61. The Bertz CT molecular complexity index is 1430. The minimum absolute atomic E-state index is 0.0253. The summed E-state index contributed by atoms with van der Waals surface area (Å²) >= 11 is 0. The van der Waals surface area contributed by atoms with Gasteiger partial charge in [0, 0.05) is 18.5 Å². The lowest BCUT2D eigenvalue weighted by Crippen LogP contribution is -2.58. The Hall–Kier alpha value is -3.94. The molecule has 5 rings (SSSR count). The van der Waals surface area contributed by atoms with Gasteiger partial charge in [0.2, 0.25) is 11.8 Å². The van der Waals surface area contributed by atoms with Gasteiger partial charge in [-0.15, -0.1) is 0 Å². The van der Waals surface area contributed by atoms with Gasteiger partial charge >= 0.3 is 12.2 Å². The minimum Gasteiger partial charge on any atom is -0.444 e. The molecule has 4 aliphatic rings. The number of nitrogens with one attached hydrogen (secondary N) is 3. The quantitative estimate of drug-likeness (QED) is 0.389. The topological polar surface area (TPSA) is 156 Å². The third-order valence-electron chi connectivity index (χ3n) is 9.58. The predicted octanol–water partition coefficient (Wildman–Crippen LogP) is 4.22. The predicted molar refractivity (Wildman–Crippen MR) is 175 cm³/mol. The van der Waals surface area contributed by atoms with E-state index in [1.807, 2.05) is 0 Å². The minimum atomic E-state index is -1.20. The zero-order valence-corrected chi connectivity index (χ0v) is 29.1. The number of hydroxylamine groups is 1. The van der Waals surface area contributed by atoms with Crippen LogP contribution in [0.1, 0.15) is 104 Å². The Morgan fingerprint density at radius 2 is 1.76 bits per heavy atom. The second-order valence-corrected chi connectivity index (χ2v) is 15.0. The summed E-state index contributed by atoms with van der Waals surface area (Å²) in [5, 5.41) is 5.67. The summed E-state index contributed by atoms with van der Waals surface area (Å²) in [6.07, 6.45) is 3.08. The monoisotopic (exact) mass is 687 g/mol. The molecule has 5 amide bonds. The van der Waals surface area contributed by atoms with Crippen molar-refractivity contribution in [1.29, 1.82) is 0 Å². The number of carbonyl (C=O) groups is 5. The van der Waals surface area contributed by atoms with Crippen LogP contribution in [0, 0.1) is 11.7 Å². The molecule has 14 heteroatoms. The van der Waals surface area contributed by atoms with E-state index >= 15 is 0 Å². The van der Waals surface area contributed by atoms with Crippen LogP contribution in [0.15, 0.2) is 18.2 Å². The summed E-state index contributed by atoms with van der Waals surface area (Å²) in [6.45, 7) is 8.83. The fourth-order valence-electron chi connectivity index (χ4n) is 7.01. The highest BCUT2D eigenvalue weighted by atomic mass is 19.1. The molecule has 1 aromatic carbocycles. The highest BCUT2D eigenvalue weighted by Crippen LogP contribution is 2.47. The second kappa shape index (κ2) is 14.9. The van der Waals surface area contributed by atoms with Crippen LogP contribution in [0.25, 0.3) is 0 Å². The van der Waals surface area contributed by atoms with Gasteiger partial charge in [0.15, 0.2) is 0 Å². The molecule has 0 bridgehead atoms. The van der Waals surface area contributed by atoms with E-state index in [4.69, 9.17) is 14.3 Å². The van der Waals surface area contributed by atoms with E-state index in [0.29, 0.717) is 30.4 Å². The molecule has 1 saturated carbocycles. The molecule has 3 N–H and O–H groups in total. The number of alkyl carbamates (subject to hydrolysis) is 1. The van der Waals surface area contributed by atoms with Crippen molar-refractivity contribution < 1.29 is 42.7 Å². The Morgan fingerprint density at radius 1 is 1.04 bits per heavy atom. The number of amides is 5. The molecule has 0 aromatic heterocycles. The highest BCUT2D eigenvalue weighted by Gasteiger charge is 2.61. The summed E-state index contributed by atoms with van der Waals surface area (Å²) in [4.78, 5) is 76.1. The van der Waals surface area contributed by atoms with Gasteiger partial charge in [-0.3, -0.25) is 24.1 Å². The molecule has 270 valence electrons. The average Bonchev–Trinajstić information content (AvgIpc) is 3.33. The van der Waals surface area contributed by atoms with Crippen molar-refractivity contribution in [2.45, 2.75) is 141 Å². The number of hydrogen-bond acceptors (Lipinski definition) is 8. The van der Waals surface area contributed by atoms with Crippen molar-refractivity contribution in [3.8, 4) is 0 Å². The van der Waals surface area contributed by atoms with Gasteiger partial charge < -0.3 is 25.0 Å². The lowest BCUT2D eigenvalue weighted by molar-refractivity contribution is -0.145. The van der Waals surface area contributed by atoms with Crippen LogP contribution in [0.3, 0.4) is 0 Å². The van der Waals surface area contributed by atoms with Crippen LogP contribution in [0.2, 0.25) is 0 Å². The van der Waals surface area contributed by atoms with Crippen molar-refractivity contribution in [3.05, 3.63) is 35.1 Å².